The number of aromatic carboxylic acids is 1. The lowest BCUT2D eigenvalue weighted by molar-refractivity contribution is -0.0669. The van der Waals surface area contributed by atoms with Crippen molar-refractivity contribution in [3.8, 4) is 0 Å². The van der Waals surface area contributed by atoms with Crippen molar-refractivity contribution in [1.82, 2.24) is 4.98 Å². The monoisotopic (exact) mass is 313 g/mol. The summed E-state index contributed by atoms with van der Waals surface area (Å²) in [5, 5.41) is 10.1. The summed E-state index contributed by atoms with van der Waals surface area (Å²) >= 11 is 1.22. The third-order valence-corrected chi connectivity index (χ3v) is 5.64. The van der Waals surface area contributed by atoms with Crippen LogP contribution in [0.5, 0.6) is 0 Å². The molecular formula is C15H23NO4S. The smallest absolute Gasteiger partial charge is 0.347 e. The lowest BCUT2D eigenvalue weighted by Crippen LogP contribution is -2.36. The Labute approximate surface area is 129 Å². The van der Waals surface area contributed by atoms with E-state index in [1.807, 2.05) is 0 Å². The van der Waals surface area contributed by atoms with Crippen molar-refractivity contribution in [2.24, 2.45) is 5.41 Å². The summed E-state index contributed by atoms with van der Waals surface area (Å²) in [7, 11) is 3.23. The molecule has 6 heteroatoms. The van der Waals surface area contributed by atoms with E-state index in [2.05, 4.69) is 18.8 Å². The topological polar surface area (TPSA) is 68.7 Å². The van der Waals surface area contributed by atoms with Gasteiger partial charge in [0.05, 0.1) is 12.3 Å². The van der Waals surface area contributed by atoms with Gasteiger partial charge in [-0.2, -0.15) is 0 Å². The molecule has 1 aliphatic rings. The van der Waals surface area contributed by atoms with Crippen molar-refractivity contribution in [2.45, 2.75) is 51.7 Å². The van der Waals surface area contributed by atoms with Crippen LogP contribution in [0.25, 0.3) is 0 Å². The van der Waals surface area contributed by atoms with Crippen LogP contribution >= 0.6 is 11.3 Å². The first-order valence-corrected chi connectivity index (χ1v) is 7.93. The van der Waals surface area contributed by atoms with Crippen molar-refractivity contribution < 1.29 is 19.4 Å². The van der Waals surface area contributed by atoms with Gasteiger partial charge in [0.2, 0.25) is 0 Å². The number of hydrogen-bond acceptors (Lipinski definition) is 5. The predicted molar refractivity (Wildman–Crippen MR) is 80.7 cm³/mol. The second kappa shape index (κ2) is 6.02. The average molecular weight is 313 g/mol. The number of carboxylic acids is 1. The van der Waals surface area contributed by atoms with Crippen LogP contribution in [-0.4, -0.2) is 30.3 Å². The van der Waals surface area contributed by atoms with Crippen LogP contribution in [-0.2, 0) is 21.7 Å². The van der Waals surface area contributed by atoms with E-state index in [1.165, 1.54) is 11.3 Å². The first-order valence-electron chi connectivity index (χ1n) is 7.11. The number of carboxylic acid groups (broad SMARTS) is 1. The van der Waals surface area contributed by atoms with Gasteiger partial charge < -0.3 is 14.6 Å². The molecule has 1 heterocycles. The largest absolute Gasteiger partial charge is 0.477 e. The molecule has 0 aliphatic heterocycles. The summed E-state index contributed by atoms with van der Waals surface area (Å²) in [4.78, 5) is 16.1. The molecule has 0 radical (unpaired) electrons. The normalized spacial score (nSPS) is 20.4. The van der Waals surface area contributed by atoms with Gasteiger partial charge in [-0.25, -0.2) is 9.78 Å². The molecule has 21 heavy (non-hydrogen) atoms. The number of aromatic nitrogens is 1. The third-order valence-electron chi connectivity index (χ3n) is 4.36. The van der Waals surface area contributed by atoms with Gasteiger partial charge in [-0.15, -0.1) is 11.3 Å². The molecule has 0 bridgehead atoms. The number of ether oxygens (including phenoxy) is 2. The maximum absolute atomic E-state index is 11.4. The minimum atomic E-state index is -0.951. The van der Waals surface area contributed by atoms with Crippen LogP contribution in [0.3, 0.4) is 0 Å². The van der Waals surface area contributed by atoms with Gasteiger partial charge >= 0.3 is 5.97 Å². The highest BCUT2D eigenvalue weighted by Crippen LogP contribution is 2.48. The highest BCUT2D eigenvalue weighted by Gasteiger charge is 2.42. The minimum absolute atomic E-state index is 0.212. The standard InChI is InChI=1S/C15H23NO4S/c1-14(2)5-7-15(20-4,8-6-14)13-16-10(9-19-3)11(21-13)12(17)18/h5-9H2,1-4H3,(H,17,18). The van der Waals surface area contributed by atoms with E-state index < -0.39 is 11.6 Å². The van der Waals surface area contributed by atoms with Crippen molar-refractivity contribution >= 4 is 17.3 Å². The Morgan fingerprint density at radius 2 is 1.90 bits per heavy atom. The molecule has 1 aliphatic carbocycles. The quantitative estimate of drug-likeness (QED) is 0.902. The average Bonchev–Trinajstić information content (AvgIpc) is 2.85. The molecule has 1 aromatic heterocycles. The predicted octanol–water partition coefficient (Wildman–Crippen LogP) is 3.43. The van der Waals surface area contributed by atoms with Gasteiger partial charge in [0.15, 0.2) is 0 Å². The molecule has 0 spiro atoms. The second-order valence-corrected chi connectivity index (χ2v) is 7.39. The van der Waals surface area contributed by atoms with Crippen molar-refractivity contribution in [2.75, 3.05) is 14.2 Å². The number of nitrogens with zero attached hydrogens (tertiary/aromatic N) is 1. The minimum Gasteiger partial charge on any atom is -0.477 e. The Balaban J connectivity index is 2.35. The number of thiazole rings is 1. The molecule has 1 aromatic rings. The van der Waals surface area contributed by atoms with E-state index in [0.717, 1.165) is 30.7 Å². The van der Waals surface area contributed by atoms with Crippen LogP contribution < -0.4 is 0 Å². The molecule has 1 saturated carbocycles. The lowest BCUT2D eigenvalue weighted by atomic mass is 9.71. The molecule has 2 rings (SSSR count). The summed E-state index contributed by atoms with van der Waals surface area (Å²) in [6.07, 6.45) is 3.83. The molecule has 1 fully saturated rings. The van der Waals surface area contributed by atoms with Crippen molar-refractivity contribution in [3.63, 3.8) is 0 Å². The summed E-state index contributed by atoms with van der Waals surface area (Å²) in [5.74, 6) is -0.951. The molecule has 0 saturated heterocycles. The van der Waals surface area contributed by atoms with Crippen LogP contribution in [0.2, 0.25) is 0 Å². The maximum atomic E-state index is 11.4. The van der Waals surface area contributed by atoms with E-state index in [1.54, 1.807) is 14.2 Å². The highest BCUT2D eigenvalue weighted by molar-refractivity contribution is 7.13. The highest BCUT2D eigenvalue weighted by atomic mass is 32.1. The van der Waals surface area contributed by atoms with Gasteiger partial charge in [-0.05, 0) is 31.1 Å². The van der Waals surface area contributed by atoms with E-state index >= 15 is 0 Å². The fourth-order valence-corrected chi connectivity index (χ4v) is 3.92. The Bertz CT molecular complexity index is 514. The van der Waals surface area contributed by atoms with Crippen LogP contribution in [0.1, 0.15) is 59.9 Å². The first-order chi connectivity index (χ1) is 9.83. The fraction of sp³-hybridized carbons (Fsp3) is 0.733. The fourth-order valence-electron chi connectivity index (χ4n) is 2.78. The molecule has 0 unspecified atom stereocenters. The van der Waals surface area contributed by atoms with Gasteiger partial charge in [-0.3, -0.25) is 0 Å². The molecule has 1 N–H and O–H groups in total. The Kier molecular flexibility index (Phi) is 4.70. The van der Waals surface area contributed by atoms with E-state index in [0.29, 0.717) is 11.1 Å². The number of rotatable bonds is 5. The molecule has 0 aromatic carbocycles. The third kappa shape index (κ3) is 3.27. The summed E-state index contributed by atoms with van der Waals surface area (Å²) in [6, 6.07) is 0. The first kappa shape index (κ1) is 16.4. The van der Waals surface area contributed by atoms with Gasteiger partial charge in [0.25, 0.3) is 0 Å². The Morgan fingerprint density at radius 1 is 1.29 bits per heavy atom. The summed E-state index contributed by atoms with van der Waals surface area (Å²) in [5.41, 5.74) is 0.354. The van der Waals surface area contributed by atoms with Gasteiger partial charge in [-0.1, -0.05) is 13.8 Å². The molecule has 0 atom stereocenters. The van der Waals surface area contributed by atoms with Crippen molar-refractivity contribution in [1.29, 1.82) is 0 Å². The zero-order valence-corrected chi connectivity index (χ0v) is 13.9. The SMILES string of the molecule is COCc1nc(C2(OC)CCC(C)(C)CC2)sc1C(=O)O. The number of carbonyl (C=O) groups is 1. The van der Waals surface area contributed by atoms with Crippen LogP contribution in [0.15, 0.2) is 0 Å². The van der Waals surface area contributed by atoms with Gasteiger partial charge in [0.1, 0.15) is 15.5 Å². The zero-order chi connectivity index (χ0) is 15.7. The van der Waals surface area contributed by atoms with Crippen LogP contribution in [0, 0.1) is 5.41 Å². The number of hydrogen-bond donors (Lipinski definition) is 1. The van der Waals surface area contributed by atoms with E-state index in [4.69, 9.17) is 9.47 Å². The molecular weight excluding hydrogens is 290 g/mol. The Morgan fingerprint density at radius 3 is 2.38 bits per heavy atom. The molecule has 5 nitrogen and oxygen atoms in total. The maximum Gasteiger partial charge on any atom is 0.347 e. The zero-order valence-electron chi connectivity index (χ0n) is 13.1. The van der Waals surface area contributed by atoms with Crippen molar-refractivity contribution in [3.05, 3.63) is 15.6 Å². The molecule has 118 valence electrons. The van der Waals surface area contributed by atoms with Gasteiger partial charge in [0, 0.05) is 14.2 Å². The lowest BCUT2D eigenvalue weighted by Gasteiger charge is -2.41. The molecule has 0 amide bonds. The summed E-state index contributed by atoms with van der Waals surface area (Å²) in [6.45, 7) is 4.73. The van der Waals surface area contributed by atoms with E-state index in [-0.39, 0.29) is 11.5 Å². The van der Waals surface area contributed by atoms with Crippen LogP contribution in [0.4, 0.5) is 0 Å². The second-order valence-electron chi connectivity index (χ2n) is 6.40. The van der Waals surface area contributed by atoms with E-state index in [9.17, 15) is 9.90 Å². The Hall–Kier alpha value is -0.980. The summed E-state index contributed by atoms with van der Waals surface area (Å²) < 4.78 is 10.9. The number of methoxy groups -OCH3 is 2.